The number of rotatable bonds is 2. The Hall–Kier alpha value is -1.64. The van der Waals surface area contributed by atoms with Gasteiger partial charge in [0, 0.05) is 28.7 Å². The molecule has 0 atom stereocenters. The molecule has 2 N–H and O–H groups in total. The van der Waals surface area contributed by atoms with E-state index in [0.717, 1.165) is 10.4 Å². The Morgan fingerprint density at radius 1 is 1.35 bits per heavy atom. The van der Waals surface area contributed by atoms with E-state index < -0.39 is 0 Å². The van der Waals surface area contributed by atoms with Gasteiger partial charge in [0.05, 0.1) is 13.1 Å². The highest BCUT2D eigenvalue weighted by Gasteiger charge is 2.28. The van der Waals surface area contributed by atoms with Crippen molar-refractivity contribution in [2.75, 3.05) is 6.54 Å². The van der Waals surface area contributed by atoms with E-state index in [1.54, 1.807) is 0 Å². The fourth-order valence-corrected chi connectivity index (χ4v) is 2.44. The molecule has 2 rings (SSSR count). The largest absolute Gasteiger partial charge is 0.320 e. The smallest absolute Gasteiger partial charge is 0.230 e. The lowest BCUT2D eigenvalue weighted by Gasteiger charge is -2.11. The lowest BCUT2D eigenvalue weighted by Crippen LogP contribution is -2.27. The molecule has 4 nitrogen and oxygen atoms in total. The van der Waals surface area contributed by atoms with Gasteiger partial charge in [0.2, 0.25) is 11.8 Å². The van der Waals surface area contributed by atoms with E-state index in [1.807, 2.05) is 11.4 Å². The molecule has 0 aromatic carbocycles. The van der Waals surface area contributed by atoms with E-state index in [1.165, 1.54) is 16.2 Å². The predicted molar refractivity (Wildman–Crippen MR) is 65.0 cm³/mol. The number of hydrogen-bond donors (Lipinski definition) is 1. The zero-order valence-electron chi connectivity index (χ0n) is 9.23. The van der Waals surface area contributed by atoms with Gasteiger partial charge in [-0.2, -0.15) is 0 Å². The molecule has 2 heterocycles. The third kappa shape index (κ3) is 2.73. The van der Waals surface area contributed by atoms with Gasteiger partial charge >= 0.3 is 0 Å². The summed E-state index contributed by atoms with van der Waals surface area (Å²) in [7, 11) is 0. The number of carbonyl (C=O) groups is 2. The zero-order chi connectivity index (χ0) is 12.3. The number of carbonyl (C=O) groups excluding carboxylic acids is 2. The van der Waals surface area contributed by atoms with Gasteiger partial charge in [-0.15, -0.1) is 11.3 Å². The maximum Gasteiger partial charge on any atom is 0.230 e. The number of nitrogens with zero attached hydrogens (tertiary/aromatic N) is 1. The minimum Gasteiger partial charge on any atom is -0.320 e. The Bertz CT molecular complexity index is 494. The summed E-state index contributed by atoms with van der Waals surface area (Å²) in [6, 6.07) is 1.90. The molecule has 88 valence electrons. The summed E-state index contributed by atoms with van der Waals surface area (Å²) in [6.07, 6.45) is 0.675. The number of amides is 2. The van der Waals surface area contributed by atoms with Crippen molar-refractivity contribution in [1.29, 1.82) is 0 Å². The lowest BCUT2D eigenvalue weighted by molar-refractivity contribution is -0.138. The third-order valence-electron chi connectivity index (χ3n) is 2.46. The molecule has 1 aliphatic rings. The normalized spacial score (nSPS) is 15.0. The van der Waals surface area contributed by atoms with Crippen LogP contribution in [0, 0.1) is 11.8 Å². The number of likely N-dealkylation sites (tertiary alicyclic amines) is 1. The molecule has 1 fully saturated rings. The molecule has 5 heteroatoms. The second kappa shape index (κ2) is 5.13. The predicted octanol–water partition coefficient (Wildman–Crippen LogP) is 0.707. The minimum absolute atomic E-state index is 0.0852. The summed E-state index contributed by atoms with van der Waals surface area (Å²) in [6.45, 7) is 0.695. The highest BCUT2D eigenvalue weighted by molar-refractivity contribution is 7.10. The van der Waals surface area contributed by atoms with Crippen molar-refractivity contribution in [2.24, 2.45) is 5.73 Å². The van der Waals surface area contributed by atoms with Crippen molar-refractivity contribution < 1.29 is 9.59 Å². The molecule has 0 saturated carbocycles. The summed E-state index contributed by atoms with van der Waals surface area (Å²) in [5, 5.41) is 1.91. The van der Waals surface area contributed by atoms with Gasteiger partial charge in [-0.25, -0.2) is 0 Å². The molecule has 0 bridgehead atoms. The van der Waals surface area contributed by atoms with E-state index in [-0.39, 0.29) is 11.8 Å². The summed E-state index contributed by atoms with van der Waals surface area (Å²) in [5.74, 6) is 5.51. The van der Waals surface area contributed by atoms with Gasteiger partial charge in [0.15, 0.2) is 0 Å². The van der Waals surface area contributed by atoms with E-state index >= 15 is 0 Å². The molecule has 0 aliphatic carbocycles. The maximum atomic E-state index is 11.4. The van der Waals surface area contributed by atoms with Crippen molar-refractivity contribution >= 4 is 23.2 Å². The Morgan fingerprint density at radius 2 is 2.06 bits per heavy atom. The van der Waals surface area contributed by atoms with Crippen molar-refractivity contribution in [3.63, 3.8) is 0 Å². The number of thiophene rings is 1. The molecule has 2 amide bonds. The molecule has 0 unspecified atom stereocenters. The van der Waals surface area contributed by atoms with Crippen LogP contribution < -0.4 is 5.73 Å². The van der Waals surface area contributed by atoms with Gasteiger partial charge < -0.3 is 5.73 Å². The lowest BCUT2D eigenvalue weighted by atomic mass is 10.3. The van der Waals surface area contributed by atoms with E-state index in [4.69, 9.17) is 5.73 Å². The van der Waals surface area contributed by atoms with Crippen LogP contribution in [0.2, 0.25) is 0 Å². The monoisotopic (exact) mass is 248 g/mol. The number of hydrogen-bond acceptors (Lipinski definition) is 4. The van der Waals surface area contributed by atoms with Gasteiger partial charge in [0.25, 0.3) is 0 Å². The van der Waals surface area contributed by atoms with E-state index in [9.17, 15) is 9.59 Å². The Balaban J connectivity index is 2.06. The van der Waals surface area contributed by atoms with Crippen LogP contribution in [0.5, 0.6) is 0 Å². The van der Waals surface area contributed by atoms with Crippen LogP contribution in [-0.2, 0) is 16.1 Å². The first kappa shape index (κ1) is 11.8. The topological polar surface area (TPSA) is 63.4 Å². The Kier molecular flexibility index (Phi) is 3.57. The van der Waals surface area contributed by atoms with Crippen molar-refractivity contribution in [1.82, 2.24) is 4.90 Å². The summed E-state index contributed by atoms with van der Waals surface area (Å²) in [4.78, 5) is 25.1. The first-order valence-corrected chi connectivity index (χ1v) is 6.18. The van der Waals surface area contributed by atoms with Crippen molar-refractivity contribution in [3.8, 4) is 11.8 Å². The fraction of sp³-hybridized carbons (Fsp3) is 0.333. The van der Waals surface area contributed by atoms with Gasteiger partial charge in [0.1, 0.15) is 0 Å². The highest BCUT2D eigenvalue weighted by Crippen LogP contribution is 2.20. The molecule has 1 aromatic heterocycles. The maximum absolute atomic E-state index is 11.4. The Labute approximate surface area is 103 Å². The van der Waals surface area contributed by atoms with Crippen LogP contribution in [0.4, 0.5) is 0 Å². The minimum atomic E-state index is -0.0852. The average Bonchev–Trinajstić information content (AvgIpc) is 2.88. The standard InChI is InChI=1S/C12H12N2O2S/c13-5-1-2-9-6-10(17-8-9)7-14-11(15)3-4-12(14)16/h6,8H,3-5,7,13H2. The molecule has 1 aromatic rings. The van der Waals surface area contributed by atoms with Crippen LogP contribution in [0.1, 0.15) is 23.3 Å². The summed E-state index contributed by atoms with van der Waals surface area (Å²) >= 11 is 1.50. The molecular weight excluding hydrogens is 236 g/mol. The van der Waals surface area contributed by atoms with Crippen molar-refractivity contribution in [3.05, 3.63) is 21.9 Å². The van der Waals surface area contributed by atoms with Crippen LogP contribution in [0.25, 0.3) is 0 Å². The molecule has 1 saturated heterocycles. The first-order chi connectivity index (χ1) is 8.20. The third-order valence-corrected chi connectivity index (χ3v) is 3.38. The second-order valence-electron chi connectivity index (χ2n) is 3.68. The van der Waals surface area contributed by atoms with Crippen LogP contribution in [0.3, 0.4) is 0 Å². The molecular formula is C12H12N2O2S. The fourth-order valence-electron chi connectivity index (χ4n) is 1.64. The first-order valence-electron chi connectivity index (χ1n) is 5.30. The summed E-state index contributed by atoms with van der Waals surface area (Å²) < 4.78 is 0. The Morgan fingerprint density at radius 3 is 2.71 bits per heavy atom. The van der Waals surface area contributed by atoms with Gasteiger partial charge in [-0.05, 0) is 6.07 Å². The zero-order valence-corrected chi connectivity index (χ0v) is 10.0. The molecule has 0 spiro atoms. The SMILES string of the molecule is NCC#Cc1csc(CN2C(=O)CCC2=O)c1. The van der Waals surface area contributed by atoms with Gasteiger partial charge in [-0.1, -0.05) is 11.8 Å². The number of imide groups is 1. The van der Waals surface area contributed by atoms with Gasteiger partial charge in [-0.3, -0.25) is 14.5 Å². The van der Waals surface area contributed by atoms with Crippen LogP contribution >= 0.6 is 11.3 Å². The van der Waals surface area contributed by atoms with E-state index in [2.05, 4.69) is 11.8 Å². The molecule has 0 radical (unpaired) electrons. The highest BCUT2D eigenvalue weighted by atomic mass is 32.1. The quantitative estimate of drug-likeness (QED) is 0.619. The second-order valence-corrected chi connectivity index (χ2v) is 4.68. The van der Waals surface area contributed by atoms with E-state index in [0.29, 0.717) is 25.9 Å². The molecule has 17 heavy (non-hydrogen) atoms. The molecule has 1 aliphatic heterocycles. The average molecular weight is 248 g/mol. The van der Waals surface area contributed by atoms with Crippen LogP contribution in [0.15, 0.2) is 11.4 Å². The van der Waals surface area contributed by atoms with Crippen molar-refractivity contribution in [2.45, 2.75) is 19.4 Å². The summed E-state index contributed by atoms with van der Waals surface area (Å²) in [5.41, 5.74) is 6.17. The number of nitrogens with two attached hydrogens (primary N) is 1. The van der Waals surface area contributed by atoms with Crippen LogP contribution in [-0.4, -0.2) is 23.3 Å².